The van der Waals surface area contributed by atoms with Gasteiger partial charge in [0, 0.05) is 30.4 Å². The molecule has 27 heavy (non-hydrogen) atoms. The molecule has 7 nitrogen and oxygen atoms in total. The highest BCUT2D eigenvalue weighted by Gasteiger charge is 2.30. The number of hydrogen-bond acceptors (Lipinski definition) is 6. The summed E-state index contributed by atoms with van der Waals surface area (Å²) in [7, 11) is 0. The van der Waals surface area contributed by atoms with Crippen LogP contribution in [0.3, 0.4) is 0 Å². The van der Waals surface area contributed by atoms with Gasteiger partial charge in [0.1, 0.15) is 12.6 Å². The molecule has 1 atom stereocenters. The van der Waals surface area contributed by atoms with Gasteiger partial charge >= 0.3 is 0 Å². The van der Waals surface area contributed by atoms with Crippen LogP contribution in [0.4, 0.5) is 8.78 Å². The molecule has 2 aromatic heterocycles. The molecule has 1 aliphatic rings. The van der Waals surface area contributed by atoms with Crippen molar-refractivity contribution in [2.45, 2.75) is 25.6 Å². The Morgan fingerprint density at radius 3 is 2.89 bits per heavy atom. The zero-order valence-corrected chi connectivity index (χ0v) is 14.5. The molecular formula is C18H19F2N5O2. The van der Waals surface area contributed by atoms with E-state index in [1.807, 2.05) is 30.3 Å². The standard InChI is InChI=1S/C18H19F2N5O2/c19-16(20)11-25-10-13(8-21-25)9-24-6-7-26-12-15(24)18-22-17(23-27-18)14-4-2-1-3-5-14/h1-5,8,10,15-16H,6-7,9,11-12H2. The summed E-state index contributed by atoms with van der Waals surface area (Å²) >= 11 is 0. The Hall–Kier alpha value is -2.65. The number of halogens is 2. The van der Waals surface area contributed by atoms with Gasteiger partial charge in [-0.05, 0) is 0 Å². The van der Waals surface area contributed by atoms with E-state index >= 15 is 0 Å². The van der Waals surface area contributed by atoms with Gasteiger partial charge in [0.2, 0.25) is 11.7 Å². The quantitative estimate of drug-likeness (QED) is 0.660. The molecule has 1 unspecified atom stereocenters. The zero-order valence-electron chi connectivity index (χ0n) is 14.5. The highest BCUT2D eigenvalue weighted by atomic mass is 19.3. The summed E-state index contributed by atoms with van der Waals surface area (Å²) < 4.78 is 37.3. The van der Waals surface area contributed by atoms with E-state index in [0.717, 1.165) is 11.1 Å². The number of ether oxygens (including phenoxy) is 1. The summed E-state index contributed by atoms with van der Waals surface area (Å²) in [6.07, 6.45) is 0.823. The minimum atomic E-state index is -2.43. The third-order valence-corrected chi connectivity index (χ3v) is 4.40. The highest BCUT2D eigenvalue weighted by molar-refractivity contribution is 5.53. The number of nitrogens with zero attached hydrogens (tertiary/aromatic N) is 5. The van der Waals surface area contributed by atoms with Crippen LogP contribution in [0.5, 0.6) is 0 Å². The molecule has 9 heteroatoms. The largest absolute Gasteiger partial charge is 0.378 e. The number of alkyl halides is 2. The lowest BCUT2D eigenvalue weighted by atomic mass is 10.2. The van der Waals surface area contributed by atoms with E-state index < -0.39 is 13.0 Å². The molecular weight excluding hydrogens is 356 g/mol. The molecule has 1 saturated heterocycles. The van der Waals surface area contributed by atoms with Gasteiger partial charge in [-0.15, -0.1) is 0 Å². The molecule has 4 rings (SSSR count). The van der Waals surface area contributed by atoms with Crippen LogP contribution in [-0.4, -0.2) is 51.0 Å². The third-order valence-electron chi connectivity index (χ3n) is 4.40. The van der Waals surface area contributed by atoms with E-state index in [4.69, 9.17) is 9.26 Å². The fourth-order valence-corrected chi connectivity index (χ4v) is 3.09. The SMILES string of the molecule is FC(F)Cn1cc(CN2CCOCC2c2nc(-c3ccccc3)no2)cn1. The summed E-state index contributed by atoms with van der Waals surface area (Å²) in [4.78, 5) is 6.66. The Labute approximate surface area is 154 Å². The van der Waals surface area contributed by atoms with Crippen molar-refractivity contribution in [1.82, 2.24) is 24.8 Å². The summed E-state index contributed by atoms with van der Waals surface area (Å²) in [5, 5.41) is 8.06. The van der Waals surface area contributed by atoms with E-state index in [2.05, 4.69) is 20.1 Å². The van der Waals surface area contributed by atoms with Crippen molar-refractivity contribution in [3.8, 4) is 11.4 Å². The van der Waals surface area contributed by atoms with Crippen molar-refractivity contribution >= 4 is 0 Å². The van der Waals surface area contributed by atoms with Gasteiger partial charge in [-0.3, -0.25) is 9.58 Å². The second-order valence-corrected chi connectivity index (χ2v) is 6.35. The summed E-state index contributed by atoms with van der Waals surface area (Å²) in [5.41, 5.74) is 1.73. The normalized spacial score (nSPS) is 18.3. The maximum atomic E-state index is 12.5. The van der Waals surface area contributed by atoms with Gasteiger partial charge in [-0.25, -0.2) is 8.78 Å². The molecule has 3 heterocycles. The average molecular weight is 375 g/mol. The number of aromatic nitrogens is 4. The number of hydrogen-bond donors (Lipinski definition) is 0. The smallest absolute Gasteiger partial charge is 0.257 e. The van der Waals surface area contributed by atoms with Gasteiger partial charge in [0.05, 0.1) is 19.4 Å². The van der Waals surface area contributed by atoms with E-state index in [1.54, 1.807) is 12.4 Å². The van der Waals surface area contributed by atoms with Gasteiger partial charge in [-0.1, -0.05) is 35.5 Å². The Bertz CT molecular complexity index is 868. The van der Waals surface area contributed by atoms with Crippen molar-refractivity contribution in [2.24, 2.45) is 0 Å². The summed E-state index contributed by atoms with van der Waals surface area (Å²) in [6, 6.07) is 9.40. The third kappa shape index (κ3) is 4.20. The molecule has 1 aliphatic heterocycles. The summed E-state index contributed by atoms with van der Waals surface area (Å²) in [5.74, 6) is 1.01. The average Bonchev–Trinajstić information content (AvgIpc) is 3.32. The van der Waals surface area contributed by atoms with E-state index in [-0.39, 0.29) is 6.04 Å². The first-order valence-corrected chi connectivity index (χ1v) is 8.69. The Morgan fingerprint density at radius 1 is 1.22 bits per heavy atom. The first-order valence-electron chi connectivity index (χ1n) is 8.69. The lowest BCUT2D eigenvalue weighted by Crippen LogP contribution is -2.39. The lowest BCUT2D eigenvalue weighted by molar-refractivity contribution is -0.0241. The fourth-order valence-electron chi connectivity index (χ4n) is 3.09. The predicted octanol–water partition coefficient (Wildman–Crippen LogP) is 2.77. The van der Waals surface area contributed by atoms with Crippen molar-refractivity contribution in [3.05, 3.63) is 54.2 Å². The Morgan fingerprint density at radius 2 is 2.07 bits per heavy atom. The van der Waals surface area contributed by atoms with Crippen LogP contribution in [0.2, 0.25) is 0 Å². The zero-order chi connectivity index (χ0) is 18.6. The molecule has 1 fully saturated rings. The van der Waals surface area contributed by atoms with Crippen LogP contribution in [0.1, 0.15) is 17.5 Å². The predicted molar refractivity (Wildman–Crippen MR) is 91.9 cm³/mol. The second kappa shape index (κ2) is 7.93. The molecule has 0 radical (unpaired) electrons. The first-order chi connectivity index (χ1) is 13.2. The molecule has 3 aromatic rings. The van der Waals surface area contributed by atoms with Crippen LogP contribution in [0.15, 0.2) is 47.2 Å². The van der Waals surface area contributed by atoms with Crippen molar-refractivity contribution in [1.29, 1.82) is 0 Å². The van der Waals surface area contributed by atoms with Crippen LogP contribution in [-0.2, 0) is 17.8 Å². The van der Waals surface area contributed by atoms with E-state index in [0.29, 0.717) is 38.0 Å². The lowest BCUT2D eigenvalue weighted by Gasteiger charge is -2.32. The topological polar surface area (TPSA) is 69.2 Å². The number of morpholine rings is 1. The molecule has 0 amide bonds. The summed E-state index contributed by atoms with van der Waals surface area (Å²) in [6.45, 7) is 1.83. The molecule has 0 N–H and O–H groups in total. The highest BCUT2D eigenvalue weighted by Crippen LogP contribution is 2.26. The molecule has 0 spiro atoms. The number of benzene rings is 1. The van der Waals surface area contributed by atoms with Crippen LogP contribution in [0.25, 0.3) is 11.4 Å². The van der Waals surface area contributed by atoms with Gasteiger partial charge < -0.3 is 9.26 Å². The minimum Gasteiger partial charge on any atom is -0.378 e. The molecule has 0 aliphatic carbocycles. The van der Waals surface area contributed by atoms with Crippen LogP contribution >= 0.6 is 0 Å². The van der Waals surface area contributed by atoms with Crippen LogP contribution < -0.4 is 0 Å². The van der Waals surface area contributed by atoms with Gasteiger partial charge in [-0.2, -0.15) is 10.1 Å². The minimum absolute atomic E-state index is 0.192. The van der Waals surface area contributed by atoms with Crippen LogP contribution in [0, 0.1) is 0 Å². The van der Waals surface area contributed by atoms with E-state index in [1.165, 1.54) is 4.68 Å². The monoisotopic (exact) mass is 375 g/mol. The molecule has 0 bridgehead atoms. The molecule has 142 valence electrons. The Balaban J connectivity index is 1.49. The van der Waals surface area contributed by atoms with Crippen molar-refractivity contribution < 1.29 is 18.0 Å². The van der Waals surface area contributed by atoms with Crippen molar-refractivity contribution in [3.63, 3.8) is 0 Å². The van der Waals surface area contributed by atoms with Crippen molar-refractivity contribution in [2.75, 3.05) is 19.8 Å². The molecule has 1 aromatic carbocycles. The maximum Gasteiger partial charge on any atom is 0.257 e. The van der Waals surface area contributed by atoms with Gasteiger partial charge in [0.25, 0.3) is 6.43 Å². The fraction of sp³-hybridized carbons (Fsp3) is 0.389. The number of rotatable bonds is 6. The van der Waals surface area contributed by atoms with Gasteiger partial charge in [0.15, 0.2) is 0 Å². The first kappa shape index (κ1) is 17.7. The molecule has 0 saturated carbocycles. The maximum absolute atomic E-state index is 12.5. The van der Waals surface area contributed by atoms with E-state index in [9.17, 15) is 8.78 Å². The Kier molecular flexibility index (Phi) is 5.21. The second-order valence-electron chi connectivity index (χ2n) is 6.35.